The molecule has 6 aromatic rings. The van der Waals surface area contributed by atoms with Gasteiger partial charge in [0.1, 0.15) is 24.3 Å². The lowest BCUT2D eigenvalue weighted by molar-refractivity contribution is -0.132. The van der Waals surface area contributed by atoms with E-state index in [2.05, 4.69) is 51.8 Å². The number of benzene rings is 4. The molecule has 0 bridgehead atoms. The van der Waals surface area contributed by atoms with E-state index in [9.17, 15) is 18.4 Å². The molecule has 2 spiro atoms. The number of aromatic nitrogens is 4. The largest absolute Gasteiger partial charge is 0.493 e. The Morgan fingerprint density at radius 3 is 1.38 bits per heavy atom. The molecule has 68 heavy (non-hydrogen) atoms. The summed E-state index contributed by atoms with van der Waals surface area (Å²) < 4.78 is 52.7. The van der Waals surface area contributed by atoms with Crippen molar-refractivity contribution in [3.8, 4) is 23.0 Å². The molecule has 356 valence electrons. The summed E-state index contributed by atoms with van der Waals surface area (Å²) in [6, 6.07) is 16.6. The SMILES string of the molecule is COc1cc2ncnc(Nc3cccc(Cl)c3F)c2cc1OC1CCC2(CC1)NCCNC2=O.COc1cc2ncnc(Nc3cccc(Cl)c3F)c2cc1OC1CCC2(CC1)NCCNC2=O. The molecule has 4 aromatic carbocycles. The molecule has 4 fully saturated rings. The van der Waals surface area contributed by atoms with Crippen LogP contribution in [-0.4, -0.2) is 95.4 Å². The third-order valence-corrected chi connectivity index (χ3v) is 13.6. The van der Waals surface area contributed by atoms with E-state index >= 15 is 0 Å². The third kappa shape index (κ3) is 9.68. The first-order valence-electron chi connectivity index (χ1n) is 22.5. The molecule has 2 saturated carbocycles. The van der Waals surface area contributed by atoms with Crippen LogP contribution >= 0.6 is 23.2 Å². The molecule has 2 aliphatic heterocycles. The number of nitrogens with one attached hydrogen (secondary N) is 6. The van der Waals surface area contributed by atoms with Gasteiger partial charge in [-0.1, -0.05) is 35.3 Å². The lowest BCUT2D eigenvalue weighted by Crippen LogP contribution is -2.64. The van der Waals surface area contributed by atoms with Gasteiger partial charge < -0.3 is 50.8 Å². The van der Waals surface area contributed by atoms with Crippen molar-refractivity contribution in [2.75, 3.05) is 51.0 Å². The summed E-state index contributed by atoms with van der Waals surface area (Å²) >= 11 is 11.8. The van der Waals surface area contributed by atoms with Crippen LogP contribution in [0.2, 0.25) is 10.0 Å². The molecule has 16 nitrogen and oxygen atoms in total. The Balaban J connectivity index is 0.000000170. The van der Waals surface area contributed by atoms with Gasteiger partial charge >= 0.3 is 0 Å². The van der Waals surface area contributed by atoms with Crippen LogP contribution in [0.1, 0.15) is 51.4 Å². The minimum absolute atomic E-state index is 0.0188. The first-order valence-corrected chi connectivity index (χ1v) is 23.2. The molecule has 6 N–H and O–H groups in total. The van der Waals surface area contributed by atoms with Gasteiger partial charge in [-0.05, 0) is 87.8 Å². The highest BCUT2D eigenvalue weighted by Gasteiger charge is 2.45. The minimum atomic E-state index is -0.558. The Labute approximate surface area is 400 Å². The van der Waals surface area contributed by atoms with Gasteiger partial charge in [-0.25, -0.2) is 28.7 Å². The van der Waals surface area contributed by atoms with Crippen LogP contribution in [0.5, 0.6) is 23.0 Å². The van der Waals surface area contributed by atoms with Gasteiger partial charge in [0.25, 0.3) is 0 Å². The van der Waals surface area contributed by atoms with Crippen LogP contribution in [0, 0.1) is 11.6 Å². The second kappa shape index (κ2) is 20.1. The van der Waals surface area contributed by atoms with Crippen molar-refractivity contribution in [3.05, 3.63) is 95.0 Å². The van der Waals surface area contributed by atoms with Crippen LogP contribution in [0.15, 0.2) is 73.3 Å². The summed E-state index contributed by atoms with van der Waals surface area (Å²) in [5, 5.41) is 20.1. The molecule has 0 atom stereocenters. The van der Waals surface area contributed by atoms with E-state index in [1.165, 1.54) is 24.8 Å². The predicted molar refractivity (Wildman–Crippen MR) is 255 cm³/mol. The predicted octanol–water partition coefficient (Wildman–Crippen LogP) is 7.91. The topological polar surface area (TPSA) is 195 Å². The zero-order valence-electron chi connectivity index (χ0n) is 37.3. The zero-order valence-corrected chi connectivity index (χ0v) is 38.8. The standard InChI is InChI=1S/2C24H25ClFN5O3/c2*1-33-19-12-18-15(22(29-13-28-18)31-17-4-2-3-16(25)21(17)26)11-20(19)34-14-5-7-24(8-6-14)23(32)27-9-10-30-24/h2*2-4,11-14,30H,5-10H2,1H3,(H,27,32)(H,28,29,31). The Hall–Kier alpha value is -6.34. The number of piperazine rings is 2. The fourth-order valence-electron chi connectivity index (χ4n) is 9.31. The molecule has 10 rings (SSSR count). The summed E-state index contributed by atoms with van der Waals surface area (Å²) in [7, 11) is 3.14. The molecule has 0 unspecified atom stereocenters. The number of amides is 2. The molecule has 2 saturated heterocycles. The average molecular weight is 972 g/mol. The quantitative estimate of drug-likeness (QED) is 0.0776. The van der Waals surface area contributed by atoms with E-state index in [1.54, 1.807) is 62.8 Å². The third-order valence-electron chi connectivity index (χ3n) is 13.0. The second-order valence-electron chi connectivity index (χ2n) is 17.1. The van der Waals surface area contributed by atoms with Gasteiger partial charge in [0.15, 0.2) is 34.6 Å². The van der Waals surface area contributed by atoms with Crippen LogP contribution in [0.4, 0.5) is 31.8 Å². The maximum atomic E-state index is 14.5. The van der Waals surface area contributed by atoms with Gasteiger partial charge in [-0.15, -0.1) is 0 Å². The van der Waals surface area contributed by atoms with Gasteiger partial charge in [-0.3, -0.25) is 9.59 Å². The first-order chi connectivity index (χ1) is 33.0. The van der Waals surface area contributed by atoms with Crippen LogP contribution in [0.3, 0.4) is 0 Å². The summed E-state index contributed by atoms with van der Waals surface area (Å²) in [6.07, 6.45) is 8.36. The van der Waals surface area contributed by atoms with Crippen molar-refractivity contribution in [2.24, 2.45) is 0 Å². The molecule has 4 aliphatic rings. The summed E-state index contributed by atoms with van der Waals surface area (Å²) in [5.74, 6) is 2.04. The first kappa shape index (κ1) is 46.8. The molecule has 2 amide bonds. The van der Waals surface area contributed by atoms with Crippen LogP contribution in [-0.2, 0) is 9.59 Å². The Morgan fingerprint density at radius 1 is 0.588 bits per heavy atom. The average Bonchev–Trinajstić information content (AvgIpc) is 3.35. The number of hydrogen-bond donors (Lipinski definition) is 6. The normalized spacial score (nSPS) is 22.4. The molecule has 4 heterocycles. The maximum Gasteiger partial charge on any atom is 0.240 e. The number of fused-ring (bicyclic) bond motifs is 2. The number of halogens is 4. The van der Waals surface area contributed by atoms with Gasteiger partial charge in [-0.2, -0.15) is 0 Å². The number of hydrogen-bond acceptors (Lipinski definition) is 14. The monoisotopic (exact) mass is 970 g/mol. The fraction of sp³-hybridized carbons (Fsp3) is 0.375. The number of nitrogens with zero attached hydrogens (tertiary/aromatic N) is 4. The highest BCUT2D eigenvalue weighted by Crippen LogP contribution is 2.41. The van der Waals surface area contributed by atoms with Crippen molar-refractivity contribution >= 4 is 79.8 Å². The van der Waals surface area contributed by atoms with Crippen molar-refractivity contribution in [2.45, 2.75) is 74.7 Å². The van der Waals surface area contributed by atoms with Gasteiger partial charge in [0, 0.05) is 49.1 Å². The maximum absolute atomic E-state index is 14.5. The smallest absolute Gasteiger partial charge is 0.240 e. The summed E-state index contributed by atoms with van der Waals surface area (Å²) in [4.78, 5) is 42.1. The van der Waals surface area contributed by atoms with E-state index < -0.39 is 22.7 Å². The summed E-state index contributed by atoms with van der Waals surface area (Å²) in [5.41, 5.74) is 0.655. The number of carbonyl (C=O) groups excluding carboxylic acids is 2. The molecule has 0 radical (unpaired) electrons. The van der Waals surface area contributed by atoms with Crippen molar-refractivity contribution in [3.63, 3.8) is 0 Å². The lowest BCUT2D eigenvalue weighted by Gasteiger charge is -2.42. The highest BCUT2D eigenvalue weighted by atomic mass is 35.5. The Bertz CT molecular complexity index is 2660. The van der Waals surface area contributed by atoms with E-state index in [0.717, 1.165) is 38.8 Å². The summed E-state index contributed by atoms with van der Waals surface area (Å²) in [6.45, 7) is 2.87. The zero-order chi connectivity index (χ0) is 47.4. The fourth-order valence-corrected chi connectivity index (χ4v) is 9.66. The Morgan fingerprint density at radius 2 is 1.00 bits per heavy atom. The number of ether oxygens (including phenoxy) is 4. The van der Waals surface area contributed by atoms with E-state index in [4.69, 9.17) is 42.1 Å². The van der Waals surface area contributed by atoms with E-state index in [0.29, 0.717) is 95.2 Å². The number of rotatable bonds is 10. The molecule has 2 aromatic heterocycles. The number of carbonyl (C=O) groups is 2. The van der Waals surface area contributed by atoms with Crippen LogP contribution < -0.4 is 50.8 Å². The highest BCUT2D eigenvalue weighted by molar-refractivity contribution is 6.31. The van der Waals surface area contributed by atoms with Crippen molar-refractivity contribution in [1.29, 1.82) is 0 Å². The molecular formula is C48H50Cl2F2N10O6. The van der Waals surface area contributed by atoms with Crippen molar-refractivity contribution < 1.29 is 37.3 Å². The second-order valence-corrected chi connectivity index (χ2v) is 17.9. The van der Waals surface area contributed by atoms with Crippen LogP contribution in [0.25, 0.3) is 21.8 Å². The molecule has 2 aliphatic carbocycles. The minimum Gasteiger partial charge on any atom is -0.493 e. The lowest BCUT2D eigenvalue weighted by atomic mass is 9.78. The number of anilines is 4. The van der Waals surface area contributed by atoms with Gasteiger partial charge in [0.05, 0.1) is 70.0 Å². The molecular weight excluding hydrogens is 921 g/mol. The van der Waals surface area contributed by atoms with E-state index in [1.807, 2.05) is 0 Å². The molecule has 20 heteroatoms. The van der Waals surface area contributed by atoms with Gasteiger partial charge in [0.2, 0.25) is 11.8 Å². The Kier molecular flexibility index (Phi) is 13.8. The number of methoxy groups -OCH3 is 2. The van der Waals surface area contributed by atoms with E-state index in [-0.39, 0.29) is 45.4 Å². The van der Waals surface area contributed by atoms with Crippen molar-refractivity contribution in [1.82, 2.24) is 41.2 Å².